The zero-order valence-electron chi connectivity index (χ0n) is 22.8. The van der Waals surface area contributed by atoms with Crippen LogP contribution in [0, 0.1) is 0 Å². The van der Waals surface area contributed by atoms with Crippen molar-refractivity contribution >= 4 is 46.9 Å². The number of carbonyl (C=O) groups is 3. The van der Waals surface area contributed by atoms with Crippen molar-refractivity contribution in [2.24, 2.45) is 0 Å². The second kappa shape index (κ2) is 14.2. The van der Waals surface area contributed by atoms with E-state index in [0.717, 1.165) is 17.8 Å². The van der Waals surface area contributed by atoms with Gasteiger partial charge in [-0.1, -0.05) is 42.5 Å². The highest BCUT2D eigenvalue weighted by Crippen LogP contribution is 2.34. The molecule has 0 fully saturated rings. The van der Waals surface area contributed by atoms with E-state index in [1.165, 1.54) is 24.3 Å². The van der Waals surface area contributed by atoms with Gasteiger partial charge >= 0.3 is 6.18 Å². The number of carbonyl (C=O) groups excluding carboxylic acids is 3. The first-order chi connectivity index (χ1) is 20.6. The Hall–Kier alpha value is -5.03. The minimum absolute atomic E-state index is 0.00767. The number of ether oxygens (including phenoxy) is 1. The second-order valence-electron chi connectivity index (χ2n) is 9.01. The molecule has 0 saturated carbocycles. The van der Waals surface area contributed by atoms with Gasteiger partial charge in [-0.15, -0.1) is 11.8 Å². The zero-order chi connectivity index (χ0) is 30.8. The van der Waals surface area contributed by atoms with E-state index in [2.05, 4.69) is 16.0 Å². The largest absolute Gasteiger partial charge is 0.497 e. The maximum absolute atomic E-state index is 13.2. The lowest BCUT2D eigenvalue weighted by Gasteiger charge is -2.13. The number of para-hydroxylation sites is 1. The van der Waals surface area contributed by atoms with E-state index in [1.54, 1.807) is 86.0 Å². The molecule has 11 heteroatoms. The lowest BCUT2D eigenvalue weighted by atomic mass is 10.1. The van der Waals surface area contributed by atoms with Gasteiger partial charge in [0.05, 0.1) is 24.1 Å². The van der Waals surface area contributed by atoms with E-state index in [1.807, 2.05) is 0 Å². The summed E-state index contributed by atoms with van der Waals surface area (Å²) in [5.41, 5.74) is 0.233. The lowest BCUT2D eigenvalue weighted by Crippen LogP contribution is -2.30. The zero-order valence-corrected chi connectivity index (χ0v) is 23.6. The van der Waals surface area contributed by atoms with Crippen molar-refractivity contribution < 1.29 is 32.3 Å². The Morgan fingerprint density at radius 2 is 1.47 bits per heavy atom. The monoisotopic (exact) mass is 605 g/mol. The number of hydrogen-bond donors (Lipinski definition) is 3. The summed E-state index contributed by atoms with van der Waals surface area (Å²) < 4.78 is 44.7. The van der Waals surface area contributed by atoms with Gasteiger partial charge in [-0.3, -0.25) is 14.4 Å². The molecular weight excluding hydrogens is 579 g/mol. The Kier molecular flexibility index (Phi) is 10.2. The van der Waals surface area contributed by atoms with Crippen LogP contribution in [0.25, 0.3) is 6.08 Å². The third kappa shape index (κ3) is 8.98. The SMILES string of the molecule is COc1ccc(/C=C(\NC(=O)c2ccccc2)C(=O)Nc2ccc(SCC(=O)Nc3ccccc3C(F)(F)F)cc2)cc1. The molecule has 0 spiro atoms. The lowest BCUT2D eigenvalue weighted by molar-refractivity contribution is -0.137. The van der Waals surface area contributed by atoms with Crippen molar-refractivity contribution in [3.63, 3.8) is 0 Å². The Labute approximate surface area is 250 Å². The number of rotatable bonds is 10. The summed E-state index contributed by atoms with van der Waals surface area (Å²) in [7, 11) is 1.54. The quantitative estimate of drug-likeness (QED) is 0.136. The number of alkyl halides is 3. The van der Waals surface area contributed by atoms with Gasteiger partial charge in [-0.05, 0) is 72.3 Å². The fourth-order valence-corrected chi connectivity index (χ4v) is 4.52. The molecule has 3 N–H and O–H groups in total. The van der Waals surface area contributed by atoms with Gasteiger partial charge in [0, 0.05) is 16.1 Å². The van der Waals surface area contributed by atoms with E-state index >= 15 is 0 Å². The Morgan fingerprint density at radius 3 is 2.12 bits per heavy atom. The van der Waals surface area contributed by atoms with Crippen LogP contribution in [-0.2, 0) is 15.8 Å². The molecule has 4 rings (SSSR count). The molecule has 0 bridgehead atoms. The van der Waals surface area contributed by atoms with E-state index in [4.69, 9.17) is 4.74 Å². The van der Waals surface area contributed by atoms with Crippen LogP contribution >= 0.6 is 11.8 Å². The number of amides is 3. The van der Waals surface area contributed by atoms with Crippen LogP contribution in [0.3, 0.4) is 0 Å². The van der Waals surface area contributed by atoms with Crippen molar-refractivity contribution in [1.29, 1.82) is 0 Å². The number of anilines is 2. The van der Waals surface area contributed by atoms with Crippen LogP contribution in [0.15, 0.2) is 114 Å². The smallest absolute Gasteiger partial charge is 0.418 e. The summed E-state index contributed by atoms with van der Waals surface area (Å²) in [5, 5.41) is 7.72. The van der Waals surface area contributed by atoms with Gasteiger partial charge in [-0.25, -0.2) is 0 Å². The number of thioether (sulfide) groups is 1. The van der Waals surface area contributed by atoms with E-state index in [0.29, 0.717) is 27.5 Å². The van der Waals surface area contributed by atoms with E-state index < -0.39 is 29.5 Å². The predicted molar refractivity (Wildman–Crippen MR) is 161 cm³/mol. The van der Waals surface area contributed by atoms with Crippen molar-refractivity contribution in [1.82, 2.24) is 5.32 Å². The molecule has 0 aromatic heterocycles. The molecule has 0 atom stereocenters. The molecule has 0 radical (unpaired) electrons. The Morgan fingerprint density at radius 1 is 0.814 bits per heavy atom. The summed E-state index contributed by atoms with van der Waals surface area (Å²) >= 11 is 1.12. The molecule has 0 aliphatic heterocycles. The molecular formula is C32H26F3N3O4S. The maximum Gasteiger partial charge on any atom is 0.418 e. The van der Waals surface area contributed by atoms with Gasteiger partial charge in [0.15, 0.2) is 0 Å². The molecule has 0 aliphatic rings. The molecule has 4 aromatic carbocycles. The third-order valence-corrected chi connectivity index (χ3v) is 6.96. The summed E-state index contributed by atoms with van der Waals surface area (Å²) in [6.07, 6.45) is -3.05. The Balaban J connectivity index is 1.41. The minimum atomic E-state index is -4.59. The highest BCUT2D eigenvalue weighted by Gasteiger charge is 2.33. The van der Waals surface area contributed by atoms with Gasteiger partial charge in [0.2, 0.25) is 5.91 Å². The summed E-state index contributed by atoms with van der Waals surface area (Å²) in [6.45, 7) is 0. The first kappa shape index (κ1) is 30.9. The molecule has 0 saturated heterocycles. The third-order valence-electron chi connectivity index (χ3n) is 5.94. The first-order valence-electron chi connectivity index (χ1n) is 12.8. The standard InChI is InChI=1S/C32H26F3N3O4S/c1-42-24-15-11-21(12-16-24)19-28(38-30(40)22-7-3-2-4-8-22)31(41)36-23-13-17-25(18-14-23)43-20-29(39)37-27-10-6-5-9-26(27)32(33,34)35/h2-19H,20H2,1H3,(H,36,41)(H,37,39)(H,38,40)/b28-19-. The Bertz CT molecular complexity index is 1610. The highest BCUT2D eigenvalue weighted by atomic mass is 32.2. The summed E-state index contributed by atoms with van der Waals surface area (Å²) in [6, 6.07) is 26.7. The van der Waals surface area contributed by atoms with Crippen molar-refractivity contribution in [2.75, 3.05) is 23.5 Å². The topological polar surface area (TPSA) is 96.5 Å². The molecule has 4 aromatic rings. The fourth-order valence-electron chi connectivity index (χ4n) is 3.82. The average molecular weight is 606 g/mol. The van der Waals surface area contributed by atoms with Crippen LogP contribution in [0.1, 0.15) is 21.5 Å². The molecule has 7 nitrogen and oxygen atoms in total. The maximum atomic E-state index is 13.2. The second-order valence-corrected chi connectivity index (χ2v) is 10.1. The highest BCUT2D eigenvalue weighted by molar-refractivity contribution is 8.00. The van der Waals surface area contributed by atoms with E-state index in [9.17, 15) is 27.6 Å². The first-order valence-corrected chi connectivity index (χ1v) is 13.8. The number of methoxy groups -OCH3 is 1. The van der Waals surface area contributed by atoms with Gasteiger partial charge in [-0.2, -0.15) is 13.2 Å². The number of hydrogen-bond acceptors (Lipinski definition) is 5. The van der Waals surface area contributed by atoms with Crippen LogP contribution in [0.5, 0.6) is 5.75 Å². The average Bonchev–Trinajstić information content (AvgIpc) is 3.01. The van der Waals surface area contributed by atoms with Crippen LogP contribution in [-0.4, -0.2) is 30.6 Å². The molecule has 0 unspecified atom stereocenters. The van der Waals surface area contributed by atoms with Gasteiger partial charge in [0.1, 0.15) is 11.4 Å². The van der Waals surface area contributed by atoms with Gasteiger partial charge in [0.25, 0.3) is 11.8 Å². The summed E-state index contributed by atoms with van der Waals surface area (Å²) in [4.78, 5) is 39.0. The normalized spacial score (nSPS) is 11.4. The number of halogens is 3. The molecule has 0 heterocycles. The van der Waals surface area contributed by atoms with Gasteiger partial charge < -0.3 is 20.7 Å². The van der Waals surface area contributed by atoms with Crippen molar-refractivity contribution in [2.45, 2.75) is 11.1 Å². The fraction of sp³-hybridized carbons (Fsp3) is 0.0938. The van der Waals surface area contributed by atoms with Crippen molar-refractivity contribution in [3.8, 4) is 5.75 Å². The molecule has 43 heavy (non-hydrogen) atoms. The number of benzene rings is 4. The number of nitrogens with one attached hydrogen (secondary N) is 3. The van der Waals surface area contributed by atoms with E-state index in [-0.39, 0.29) is 17.1 Å². The van der Waals surface area contributed by atoms with Crippen LogP contribution in [0.2, 0.25) is 0 Å². The minimum Gasteiger partial charge on any atom is -0.497 e. The molecule has 220 valence electrons. The summed E-state index contributed by atoms with van der Waals surface area (Å²) in [5.74, 6) is -1.11. The predicted octanol–water partition coefficient (Wildman–Crippen LogP) is 6.85. The van der Waals surface area contributed by atoms with Crippen molar-refractivity contribution in [3.05, 3.63) is 126 Å². The molecule has 0 aliphatic carbocycles. The molecule has 3 amide bonds. The van der Waals surface area contributed by atoms with Crippen LogP contribution in [0.4, 0.5) is 24.5 Å². The van der Waals surface area contributed by atoms with Crippen LogP contribution < -0.4 is 20.7 Å².